The number of hydrogen-bond acceptors (Lipinski definition) is 5. The standard InChI is InChI=1S/C25H22N6S/c1-18-4-7-23(16-19(18)2)31-24(21-10-13-26-14-11-21)28-29-25(31)32-17-20-5-8-22(9-6-20)30-15-3-12-27-30/h3-16H,17H2,1-2H3. The van der Waals surface area contributed by atoms with E-state index in [1.807, 2.05) is 29.1 Å². The van der Waals surface area contributed by atoms with Crippen molar-refractivity contribution in [3.05, 3.63) is 102 Å². The van der Waals surface area contributed by atoms with Gasteiger partial charge in [-0.05, 0) is 73.0 Å². The molecule has 0 N–H and O–H groups in total. The van der Waals surface area contributed by atoms with Gasteiger partial charge < -0.3 is 0 Å². The van der Waals surface area contributed by atoms with Gasteiger partial charge in [-0.3, -0.25) is 9.55 Å². The van der Waals surface area contributed by atoms with Gasteiger partial charge in [0.2, 0.25) is 0 Å². The van der Waals surface area contributed by atoms with Crippen LogP contribution in [0.4, 0.5) is 0 Å². The molecule has 2 aromatic carbocycles. The molecule has 0 spiro atoms. The highest BCUT2D eigenvalue weighted by atomic mass is 32.2. The molecular formula is C25H22N6S. The fourth-order valence-corrected chi connectivity index (χ4v) is 4.37. The van der Waals surface area contributed by atoms with E-state index in [1.54, 1.807) is 30.4 Å². The van der Waals surface area contributed by atoms with Crippen LogP contribution in [0, 0.1) is 13.8 Å². The molecule has 0 aliphatic heterocycles. The van der Waals surface area contributed by atoms with Crippen LogP contribution in [0.2, 0.25) is 0 Å². The zero-order valence-electron chi connectivity index (χ0n) is 17.9. The van der Waals surface area contributed by atoms with E-state index in [1.165, 1.54) is 16.7 Å². The van der Waals surface area contributed by atoms with Crippen LogP contribution in [-0.2, 0) is 5.75 Å². The molecule has 32 heavy (non-hydrogen) atoms. The molecule has 0 bridgehead atoms. The Labute approximate surface area is 191 Å². The van der Waals surface area contributed by atoms with Gasteiger partial charge in [-0.25, -0.2) is 4.68 Å². The normalized spacial score (nSPS) is 11.1. The number of aromatic nitrogens is 6. The number of nitrogens with zero attached hydrogens (tertiary/aromatic N) is 6. The molecule has 0 aliphatic rings. The summed E-state index contributed by atoms with van der Waals surface area (Å²) in [6.45, 7) is 4.25. The Balaban J connectivity index is 1.46. The van der Waals surface area contributed by atoms with Crippen LogP contribution in [0.25, 0.3) is 22.8 Å². The molecule has 0 fully saturated rings. The molecule has 0 unspecified atom stereocenters. The zero-order valence-corrected chi connectivity index (χ0v) is 18.7. The van der Waals surface area contributed by atoms with Crippen LogP contribution < -0.4 is 0 Å². The van der Waals surface area contributed by atoms with E-state index >= 15 is 0 Å². The molecule has 3 heterocycles. The van der Waals surface area contributed by atoms with E-state index < -0.39 is 0 Å². The summed E-state index contributed by atoms with van der Waals surface area (Å²) in [4.78, 5) is 4.14. The fraction of sp³-hybridized carbons (Fsp3) is 0.120. The highest BCUT2D eigenvalue weighted by Crippen LogP contribution is 2.30. The van der Waals surface area contributed by atoms with Crippen LogP contribution in [-0.4, -0.2) is 29.5 Å². The van der Waals surface area contributed by atoms with Crippen molar-refractivity contribution in [3.63, 3.8) is 0 Å². The number of benzene rings is 2. The maximum Gasteiger partial charge on any atom is 0.196 e. The summed E-state index contributed by atoms with van der Waals surface area (Å²) in [7, 11) is 0. The van der Waals surface area contributed by atoms with Crippen molar-refractivity contribution in [1.82, 2.24) is 29.5 Å². The smallest absolute Gasteiger partial charge is 0.196 e. The zero-order chi connectivity index (χ0) is 21.9. The lowest BCUT2D eigenvalue weighted by molar-refractivity contribution is 0.879. The third kappa shape index (κ3) is 4.07. The summed E-state index contributed by atoms with van der Waals surface area (Å²) in [5.74, 6) is 1.60. The molecule has 7 heteroatoms. The molecule has 6 nitrogen and oxygen atoms in total. The van der Waals surface area contributed by atoms with E-state index in [9.17, 15) is 0 Å². The third-order valence-electron chi connectivity index (χ3n) is 5.39. The molecule has 0 atom stereocenters. The summed E-state index contributed by atoms with van der Waals surface area (Å²) in [5, 5.41) is 14.2. The minimum absolute atomic E-state index is 0.790. The minimum atomic E-state index is 0.790. The monoisotopic (exact) mass is 438 g/mol. The lowest BCUT2D eigenvalue weighted by Gasteiger charge is -2.12. The number of pyridine rings is 1. The lowest BCUT2D eigenvalue weighted by atomic mass is 10.1. The molecule has 158 valence electrons. The predicted octanol–water partition coefficient (Wildman–Crippen LogP) is 5.42. The van der Waals surface area contributed by atoms with Gasteiger partial charge >= 0.3 is 0 Å². The van der Waals surface area contributed by atoms with Crippen molar-refractivity contribution >= 4 is 11.8 Å². The second kappa shape index (κ2) is 8.80. The molecule has 0 saturated carbocycles. The van der Waals surface area contributed by atoms with E-state index in [0.717, 1.165) is 33.7 Å². The summed E-state index contributed by atoms with van der Waals surface area (Å²) >= 11 is 1.68. The van der Waals surface area contributed by atoms with Crippen molar-refractivity contribution in [1.29, 1.82) is 0 Å². The Morgan fingerprint density at radius 1 is 0.812 bits per heavy atom. The summed E-state index contributed by atoms with van der Waals surface area (Å²) in [6, 6.07) is 20.7. The Morgan fingerprint density at radius 2 is 1.59 bits per heavy atom. The molecule has 0 radical (unpaired) electrons. The fourth-order valence-electron chi connectivity index (χ4n) is 3.46. The van der Waals surface area contributed by atoms with E-state index in [-0.39, 0.29) is 0 Å². The molecule has 5 aromatic rings. The van der Waals surface area contributed by atoms with Crippen molar-refractivity contribution in [2.45, 2.75) is 24.8 Å². The summed E-state index contributed by atoms with van der Waals surface area (Å²) < 4.78 is 3.98. The Bertz CT molecular complexity index is 1330. The first kappa shape index (κ1) is 20.2. The first-order valence-electron chi connectivity index (χ1n) is 10.3. The van der Waals surface area contributed by atoms with Crippen LogP contribution in [0.15, 0.2) is 90.6 Å². The average Bonchev–Trinajstić information content (AvgIpc) is 3.51. The lowest BCUT2D eigenvalue weighted by Crippen LogP contribution is -2.01. The quantitative estimate of drug-likeness (QED) is 0.331. The number of hydrogen-bond donors (Lipinski definition) is 0. The van der Waals surface area contributed by atoms with Gasteiger partial charge in [0, 0.05) is 36.1 Å². The second-order valence-electron chi connectivity index (χ2n) is 7.55. The summed E-state index contributed by atoms with van der Waals surface area (Å²) in [6.07, 6.45) is 7.28. The van der Waals surface area contributed by atoms with Crippen molar-refractivity contribution < 1.29 is 0 Å². The van der Waals surface area contributed by atoms with Crippen molar-refractivity contribution in [2.24, 2.45) is 0 Å². The van der Waals surface area contributed by atoms with Crippen molar-refractivity contribution in [2.75, 3.05) is 0 Å². The molecular weight excluding hydrogens is 416 g/mol. The molecule has 3 aromatic heterocycles. The molecule has 0 aliphatic carbocycles. The molecule has 0 saturated heterocycles. The first-order valence-corrected chi connectivity index (χ1v) is 11.3. The second-order valence-corrected chi connectivity index (χ2v) is 8.49. The van der Waals surface area contributed by atoms with Gasteiger partial charge in [0.05, 0.1) is 11.4 Å². The average molecular weight is 439 g/mol. The summed E-state index contributed by atoms with van der Waals surface area (Å²) in [5.41, 5.74) is 6.80. The maximum atomic E-state index is 4.54. The van der Waals surface area contributed by atoms with Gasteiger partial charge in [-0.15, -0.1) is 10.2 Å². The van der Waals surface area contributed by atoms with Crippen LogP contribution in [0.1, 0.15) is 16.7 Å². The maximum absolute atomic E-state index is 4.54. The van der Waals surface area contributed by atoms with Crippen LogP contribution in [0.3, 0.4) is 0 Å². The third-order valence-corrected chi connectivity index (χ3v) is 6.39. The predicted molar refractivity (Wildman–Crippen MR) is 127 cm³/mol. The minimum Gasteiger partial charge on any atom is -0.270 e. The largest absolute Gasteiger partial charge is 0.270 e. The van der Waals surface area contributed by atoms with Crippen molar-refractivity contribution in [3.8, 4) is 22.8 Å². The Morgan fingerprint density at radius 3 is 2.31 bits per heavy atom. The number of aryl methyl sites for hydroxylation is 2. The van der Waals surface area contributed by atoms with E-state index in [0.29, 0.717) is 0 Å². The SMILES string of the molecule is Cc1ccc(-n2c(SCc3ccc(-n4cccn4)cc3)nnc2-c2ccncc2)cc1C. The van der Waals surface area contributed by atoms with Gasteiger partial charge in [-0.1, -0.05) is 30.0 Å². The Hall–Kier alpha value is -3.71. The van der Waals surface area contributed by atoms with Gasteiger partial charge in [0.25, 0.3) is 0 Å². The highest BCUT2D eigenvalue weighted by molar-refractivity contribution is 7.98. The topological polar surface area (TPSA) is 61.4 Å². The van der Waals surface area contributed by atoms with Gasteiger partial charge in [0.1, 0.15) is 0 Å². The van der Waals surface area contributed by atoms with E-state index in [2.05, 4.69) is 81.2 Å². The number of rotatable bonds is 6. The highest BCUT2D eigenvalue weighted by Gasteiger charge is 2.17. The van der Waals surface area contributed by atoms with E-state index in [4.69, 9.17) is 0 Å². The first-order chi connectivity index (χ1) is 15.7. The molecule has 5 rings (SSSR count). The van der Waals surface area contributed by atoms with Crippen LogP contribution >= 0.6 is 11.8 Å². The Kier molecular flexibility index (Phi) is 5.56. The van der Waals surface area contributed by atoms with Gasteiger partial charge in [0.15, 0.2) is 11.0 Å². The van der Waals surface area contributed by atoms with Crippen LogP contribution in [0.5, 0.6) is 0 Å². The van der Waals surface area contributed by atoms with Gasteiger partial charge in [-0.2, -0.15) is 5.10 Å². The number of thioether (sulfide) groups is 1. The molecule has 0 amide bonds.